The van der Waals surface area contributed by atoms with Crippen molar-refractivity contribution in [3.63, 3.8) is 0 Å². The predicted octanol–water partition coefficient (Wildman–Crippen LogP) is 3.49. The highest BCUT2D eigenvalue weighted by Crippen LogP contribution is 2.38. The highest BCUT2D eigenvalue weighted by atomic mass is 32.2. The van der Waals surface area contributed by atoms with Crippen LogP contribution in [0.4, 0.5) is 5.69 Å². The number of aromatic carboxylic acids is 1. The summed E-state index contributed by atoms with van der Waals surface area (Å²) >= 11 is 0. The smallest absolute Gasteiger partial charge is 0.339 e. The number of rotatable bonds is 5. The minimum atomic E-state index is -4.05. The van der Waals surface area contributed by atoms with E-state index in [1.807, 2.05) is 36.4 Å². The SMILES string of the molecule is O=C(O)c1ccc(NS(=O)(=O)c2cc(-c3ccccc3)cc3c2OCC3)cc1O. The van der Waals surface area contributed by atoms with Crippen LogP contribution in [0.15, 0.2) is 65.6 Å². The minimum Gasteiger partial charge on any atom is -0.507 e. The normalized spacial score (nSPS) is 12.8. The second-order valence-corrected chi connectivity index (χ2v) is 8.22. The van der Waals surface area contributed by atoms with Crippen molar-refractivity contribution >= 4 is 21.7 Å². The molecule has 1 aliphatic heterocycles. The van der Waals surface area contributed by atoms with Gasteiger partial charge in [0.15, 0.2) is 0 Å². The Morgan fingerprint density at radius 3 is 2.45 bits per heavy atom. The lowest BCUT2D eigenvalue weighted by molar-refractivity contribution is 0.0694. The maximum atomic E-state index is 13.1. The molecule has 1 heterocycles. The van der Waals surface area contributed by atoms with Gasteiger partial charge in [0.2, 0.25) is 0 Å². The van der Waals surface area contributed by atoms with Crippen molar-refractivity contribution in [3.05, 3.63) is 71.8 Å². The first kappa shape index (κ1) is 18.8. The molecule has 0 fully saturated rings. The van der Waals surface area contributed by atoms with E-state index in [1.54, 1.807) is 6.07 Å². The number of nitrogens with one attached hydrogen (secondary N) is 1. The number of benzene rings is 3. The summed E-state index contributed by atoms with van der Waals surface area (Å²) in [6.45, 7) is 0.393. The topological polar surface area (TPSA) is 113 Å². The molecule has 0 bridgehead atoms. The Bertz CT molecular complexity index is 1210. The number of aromatic hydroxyl groups is 1. The highest BCUT2D eigenvalue weighted by Gasteiger charge is 2.27. The molecule has 0 aromatic heterocycles. The van der Waals surface area contributed by atoms with E-state index in [4.69, 9.17) is 9.84 Å². The van der Waals surface area contributed by atoms with Gasteiger partial charge in [0.25, 0.3) is 10.0 Å². The third kappa shape index (κ3) is 3.62. The molecule has 0 unspecified atom stereocenters. The molecule has 148 valence electrons. The van der Waals surface area contributed by atoms with Crippen molar-refractivity contribution in [2.24, 2.45) is 0 Å². The van der Waals surface area contributed by atoms with Crippen LogP contribution in [0.5, 0.6) is 11.5 Å². The van der Waals surface area contributed by atoms with Gasteiger partial charge in [0, 0.05) is 12.5 Å². The molecule has 3 aromatic rings. The first-order valence-corrected chi connectivity index (χ1v) is 10.3. The van der Waals surface area contributed by atoms with Gasteiger partial charge in [-0.2, -0.15) is 0 Å². The quantitative estimate of drug-likeness (QED) is 0.592. The Morgan fingerprint density at radius 1 is 1.00 bits per heavy atom. The summed E-state index contributed by atoms with van der Waals surface area (Å²) < 4.78 is 34.1. The zero-order valence-electron chi connectivity index (χ0n) is 15.1. The van der Waals surface area contributed by atoms with Crippen LogP contribution in [0, 0.1) is 0 Å². The van der Waals surface area contributed by atoms with Crippen LogP contribution in [-0.2, 0) is 16.4 Å². The summed E-state index contributed by atoms with van der Waals surface area (Å²) in [4.78, 5) is 11.0. The van der Waals surface area contributed by atoms with Crippen LogP contribution in [-0.4, -0.2) is 31.2 Å². The van der Waals surface area contributed by atoms with Gasteiger partial charge in [-0.25, -0.2) is 13.2 Å². The van der Waals surface area contributed by atoms with Crippen LogP contribution in [0.2, 0.25) is 0 Å². The molecule has 1 aliphatic rings. The van der Waals surface area contributed by atoms with Gasteiger partial charge in [-0.15, -0.1) is 0 Å². The summed E-state index contributed by atoms with van der Waals surface area (Å²) in [7, 11) is -4.05. The number of fused-ring (bicyclic) bond motifs is 1. The molecule has 0 atom stereocenters. The second kappa shape index (κ2) is 7.14. The number of hydrogen-bond acceptors (Lipinski definition) is 5. The number of phenols is 1. The first-order chi connectivity index (χ1) is 13.8. The van der Waals surface area contributed by atoms with E-state index in [1.165, 1.54) is 6.07 Å². The average molecular weight is 411 g/mol. The fraction of sp³-hybridized carbons (Fsp3) is 0.0952. The van der Waals surface area contributed by atoms with E-state index in [9.17, 15) is 18.3 Å². The molecule has 3 N–H and O–H groups in total. The average Bonchev–Trinajstić information content (AvgIpc) is 3.16. The van der Waals surface area contributed by atoms with Crippen molar-refractivity contribution < 1.29 is 28.2 Å². The van der Waals surface area contributed by atoms with E-state index < -0.39 is 21.7 Å². The summed E-state index contributed by atoms with van der Waals surface area (Å²) in [5.74, 6) is -1.53. The molecule has 0 amide bonds. The Morgan fingerprint density at radius 2 is 1.76 bits per heavy atom. The van der Waals surface area contributed by atoms with Crippen molar-refractivity contribution in [3.8, 4) is 22.6 Å². The van der Waals surface area contributed by atoms with Gasteiger partial charge in [-0.1, -0.05) is 30.3 Å². The number of carbonyl (C=O) groups is 1. The van der Waals surface area contributed by atoms with E-state index in [0.717, 1.165) is 28.8 Å². The molecule has 3 aromatic carbocycles. The lowest BCUT2D eigenvalue weighted by Gasteiger charge is -2.14. The van der Waals surface area contributed by atoms with Crippen LogP contribution in [0.3, 0.4) is 0 Å². The third-order valence-electron chi connectivity index (χ3n) is 4.63. The number of hydrogen-bond donors (Lipinski definition) is 3. The van der Waals surface area contributed by atoms with Crippen LogP contribution < -0.4 is 9.46 Å². The summed E-state index contributed by atoms with van der Waals surface area (Å²) in [6.07, 6.45) is 0.604. The molecule has 0 spiro atoms. The highest BCUT2D eigenvalue weighted by molar-refractivity contribution is 7.92. The summed E-state index contributed by atoms with van der Waals surface area (Å²) in [5.41, 5.74) is 2.16. The van der Waals surface area contributed by atoms with Crippen LogP contribution in [0.1, 0.15) is 15.9 Å². The molecule has 7 nitrogen and oxygen atoms in total. The lowest BCUT2D eigenvalue weighted by Crippen LogP contribution is -2.14. The molecule has 4 rings (SSSR count). The minimum absolute atomic E-state index is 0.00634. The number of sulfonamides is 1. The molecule has 0 aliphatic carbocycles. The lowest BCUT2D eigenvalue weighted by atomic mass is 10.0. The first-order valence-electron chi connectivity index (χ1n) is 8.79. The monoisotopic (exact) mass is 411 g/mol. The number of anilines is 1. The van der Waals surface area contributed by atoms with Gasteiger partial charge in [-0.05, 0) is 41.0 Å². The third-order valence-corrected chi connectivity index (χ3v) is 6.01. The largest absolute Gasteiger partial charge is 0.507 e. The molecule has 0 saturated carbocycles. The molecule has 8 heteroatoms. The summed E-state index contributed by atoms with van der Waals surface area (Å²) in [5, 5.41) is 18.8. The molecule has 29 heavy (non-hydrogen) atoms. The van der Waals surface area contributed by atoms with Gasteiger partial charge < -0.3 is 14.9 Å². The molecular weight excluding hydrogens is 394 g/mol. The van der Waals surface area contributed by atoms with Gasteiger partial charge in [-0.3, -0.25) is 4.72 Å². The van der Waals surface area contributed by atoms with Gasteiger partial charge in [0.1, 0.15) is 22.0 Å². The number of ether oxygens (including phenoxy) is 1. The van der Waals surface area contributed by atoms with Gasteiger partial charge >= 0.3 is 5.97 Å². The Balaban J connectivity index is 1.76. The number of carboxylic acids is 1. The van der Waals surface area contributed by atoms with Crippen molar-refractivity contribution in [2.75, 3.05) is 11.3 Å². The van der Waals surface area contributed by atoms with Crippen molar-refractivity contribution in [2.45, 2.75) is 11.3 Å². The zero-order valence-corrected chi connectivity index (χ0v) is 15.9. The predicted molar refractivity (Wildman–Crippen MR) is 107 cm³/mol. The standard InChI is InChI=1S/C21H17NO6S/c23-18-12-16(6-7-17(18)21(24)25)22-29(26,27)19-11-15(13-4-2-1-3-5-13)10-14-8-9-28-20(14)19/h1-7,10-12,22-23H,8-9H2,(H,24,25). The molecular formula is C21H17NO6S. The Labute approximate surface area is 167 Å². The fourth-order valence-electron chi connectivity index (χ4n) is 3.26. The zero-order chi connectivity index (χ0) is 20.6. The van der Waals surface area contributed by atoms with Crippen LogP contribution >= 0.6 is 0 Å². The molecule has 0 radical (unpaired) electrons. The maximum absolute atomic E-state index is 13.1. The Hall–Kier alpha value is -3.52. The van der Waals surface area contributed by atoms with Crippen molar-refractivity contribution in [1.29, 1.82) is 0 Å². The van der Waals surface area contributed by atoms with E-state index >= 15 is 0 Å². The second-order valence-electron chi connectivity index (χ2n) is 6.57. The van der Waals surface area contributed by atoms with E-state index in [2.05, 4.69) is 4.72 Å². The van der Waals surface area contributed by atoms with E-state index in [-0.39, 0.29) is 16.1 Å². The fourth-order valence-corrected chi connectivity index (χ4v) is 4.52. The Kier molecular flexibility index (Phi) is 4.63. The molecule has 0 saturated heterocycles. The van der Waals surface area contributed by atoms with E-state index in [0.29, 0.717) is 18.8 Å². The number of carboxylic acid groups (broad SMARTS) is 1. The maximum Gasteiger partial charge on any atom is 0.339 e. The van der Waals surface area contributed by atoms with Crippen LogP contribution in [0.25, 0.3) is 11.1 Å². The van der Waals surface area contributed by atoms with Crippen molar-refractivity contribution in [1.82, 2.24) is 0 Å². The van der Waals surface area contributed by atoms with Gasteiger partial charge in [0.05, 0.1) is 12.3 Å². The summed E-state index contributed by atoms with van der Waals surface area (Å²) in [6, 6.07) is 16.4.